The minimum atomic E-state index is -1.25. The predicted molar refractivity (Wildman–Crippen MR) is 94.3 cm³/mol. The van der Waals surface area contributed by atoms with Crippen molar-refractivity contribution >= 4 is 29.1 Å². The number of aromatic nitrogens is 4. The number of fused-ring (bicyclic) bond motifs is 1. The fraction of sp³-hybridized carbons (Fsp3) is 0.600. The molecule has 4 unspecified atom stereocenters. The van der Waals surface area contributed by atoms with Crippen LogP contribution in [-0.2, 0) is 4.74 Å². The van der Waals surface area contributed by atoms with E-state index < -0.39 is 31.1 Å². The molecule has 2 aromatic rings. The van der Waals surface area contributed by atoms with Gasteiger partial charge in [0.05, 0.1) is 12.9 Å². The Morgan fingerprint density at radius 3 is 2.81 bits per heavy atom. The maximum Gasteiger partial charge on any atom is 0.247 e. The zero-order valence-corrected chi connectivity index (χ0v) is 14.5. The van der Waals surface area contributed by atoms with E-state index in [-0.39, 0.29) is 11.8 Å². The number of rotatable bonds is 6. The zero-order chi connectivity index (χ0) is 18.8. The highest BCUT2D eigenvalue weighted by Crippen LogP contribution is 2.32. The summed E-state index contributed by atoms with van der Waals surface area (Å²) in [5.41, 5.74) is 9.29. The SMILES string of the molecule is CC(C)C/C=N/Nc1nc(N)c2ncn(C3OC(CO)C(O)C3O)c2n1. The Hall–Kier alpha value is -2.34. The van der Waals surface area contributed by atoms with Crippen LogP contribution in [0.4, 0.5) is 11.8 Å². The fourth-order valence-electron chi connectivity index (χ4n) is 2.65. The van der Waals surface area contributed by atoms with Gasteiger partial charge in [0.15, 0.2) is 17.7 Å². The molecule has 6 N–H and O–H groups in total. The number of nitrogens with zero attached hydrogens (tertiary/aromatic N) is 5. The molecular formula is C15H23N7O4. The lowest BCUT2D eigenvalue weighted by Gasteiger charge is -2.16. The van der Waals surface area contributed by atoms with Gasteiger partial charge in [-0.25, -0.2) is 10.4 Å². The van der Waals surface area contributed by atoms with E-state index in [4.69, 9.17) is 10.5 Å². The van der Waals surface area contributed by atoms with Crippen molar-refractivity contribution in [3.8, 4) is 0 Å². The van der Waals surface area contributed by atoms with Crippen molar-refractivity contribution < 1.29 is 20.1 Å². The minimum Gasteiger partial charge on any atom is -0.394 e. The van der Waals surface area contributed by atoms with Crippen LogP contribution in [0.1, 0.15) is 26.5 Å². The van der Waals surface area contributed by atoms with E-state index in [0.717, 1.165) is 6.42 Å². The first-order valence-corrected chi connectivity index (χ1v) is 8.32. The van der Waals surface area contributed by atoms with E-state index >= 15 is 0 Å². The van der Waals surface area contributed by atoms with Crippen LogP contribution in [0, 0.1) is 5.92 Å². The summed E-state index contributed by atoms with van der Waals surface area (Å²) in [5, 5.41) is 33.4. The molecule has 0 amide bonds. The van der Waals surface area contributed by atoms with E-state index in [1.54, 1.807) is 6.21 Å². The summed E-state index contributed by atoms with van der Waals surface area (Å²) in [6.07, 6.45) is -0.421. The highest BCUT2D eigenvalue weighted by molar-refractivity contribution is 5.83. The third-order valence-electron chi connectivity index (χ3n) is 4.07. The first-order chi connectivity index (χ1) is 12.4. The Bertz CT molecular complexity index is 794. The molecule has 0 saturated carbocycles. The second-order valence-corrected chi connectivity index (χ2v) is 6.54. The van der Waals surface area contributed by atoms with Gasteiger partial charge in [0.1, 0.15) is 23.8 Å². The monoisotopic (exact) mass is 365 g/mol. The van der Waals surface area contributed by atoms with Crippen molar-refractivity contribution in [2.24, 2.45) is 11.0 Å². The Kier molecular flexibility index (Phi) is 5.32. The topological polar surface area (TPSA) is 164 Å². The number of ether oxygens (including phenoxy) is 1. The Morgan fingerprint density at radius 1 is 1.38 bits per heavy atom. The lowest BCUT2D eigenvalue weighted by molar-refractivity contribution is -0.0511. The summed E-state index contributed by atoms with van der Waals surface area (Å²) in [6, 6.07) is 0. The van der Waals surface area contributed by atoms with Crippen molar-refractivity contribution in [2.75, 3.05) is 17.8 Å². The van der Waals surface area contributed by atoms with Crippen molar-refractivity contribution in [3.63, 3.8) is 0 Å². The van der Waals surface area contributed by atoms with Crippen LogP contribution in [0.15, 0.2) is 11.4 Å². The molecule has 1 fully saturated rings. The molecule has 0 radical (unpaired) electrons. The zero-order valence-electron chi connectivity index (χ0n) is 14.5. The maximum absolute atomic E-state index is 10.2. The van der Waals surface area contributed by atoms with Gasteiger partial charge in [-0.3, -0.25) is 4.57 Å². The van der Waals surface area contributed by atoms with Gasteiger partial charge in [0, 0.05) is 6.21 Å². The van der Waals surface area contributed by atoms with Crippen LogP contribution in [0.3, 0.4) is 0 Å². The second-order valence-electron chi connectivity index (χ2n) is 6.54. The van der Waals surface area contributed by atoms with Gasteiger partial charge in [0.2, 0.25) is 5.95 Å². The summed E-state index contributed by atoms with van der Waals surface area (Å²) < 4.78 is 6.96. The van der Waals surface area contributed by atoms with Crippen molar-refractivity contribution in [2.45, 2.75) is 44.8 Å². The predicted octanol–water partition coefficient (Wildman–Crippen LogP) is -0.536. The van der Waals surface area contributed by atoms with E-state index in [0.29, 0.717) is 17.1 Å². The molecule has 11 nitrogen and oxygen atoms in total. The summed E-state index contributed by atoms with van der Waals surface area (Å²) in [4.78, 5) is 12.6. The molecule has 3 heterocycles. The van der Waals surface area contributed by atoms with E-state index in [9.17, 15) is 15.3 Å². The molecule has 0 spiro atoms. The molecular weight excluding hydrogens is 342 g/mol. The van der Waals surface area contributed by atoms with Gasteiger partial charge in [-0.1, -0.05) is 13.8 Å². The summed E-state index contributed by atoms with van der Waals surface area (Å²) in [6.45, 7) is 3.73. The molecule has 3 rings (SSSR count). The molecule has 0 aliphatic carbocycles. The van der Waals surface area contributed by atoms with Crippen molar-refractivity contribution in [1.82, 2.24) is 19.5 Å². The summed E-state index contributed by atoms with van der Waals surface area (Å²) in [5.74, 6) is 0.785. The number of aliphatic hydroxyl groups is 3. The first kappa shape index (κ1) is 18.5. The Labute approximate surface area is 149 Å². The number of nitrogens with one attached hydrogen (secondary N) is 1. The molecule has 11 heteroatoms. The van der Waals surface area contributed by atoms with Crippen molar-refractivity contribution in [3.05, 3.63) is 6.33 Å². The summed E-state index contributed by atoms with van der Waals surface area (Å²) >= 11 is 0. The number of aliphatic hydroxyl groups excluding tert-OH is 3. The molecule has 1 aliphatic heterocycles. The fourth-order valence-corrected chi connectivity index (χ4v) is 2.65. The molecule has 1 saturated heterocycles. The molecule has 26 heavy (non-hydrogen) atoms. The molecule has 142 valence electrons. The largest absolute Gasteiger partial charge is 0.394 e. The number of nitrogens with two attached hydrogens (primary N) is 1. The van der Waals surface area contributed by atoms with E-state index in [1.807, 2.05) is 0 Å². The van der Waals surface area contributed by atoms with Gasteiger partial charge in [-0.2, -0.15) is 15.1 Å². The van der Waals surface area contributed by atoms with Crippen LogP contribution < -0.4 is 11.2 Å². The number of anilines is 2. The van der Waals surface area contributed by atoms with Gasteiger partial charge < -0.3 is 25.8 Å². The van der Waals surface area contributed by atoms with E-state index in [1.165, 1.54) is 10.9 Å². The average molecular weight is 365 g/mol. The summed E-state index contributed by atoms with van der Waals surface area (Å²) in [7, 11) is 0. The second kappa shape index (κ2) is 7.50. The number of hydrogen-bond donors (Lipinski definition) is 5. The van der Waals surface area contributed by atoms with E-state index in [2.05, 4.69) is 39.3 Å². The molecule has 4 atom stereocenters. The van der Waals surface area contributed by atoms with Crippen molar-refractivity contribution in [1.29, 1.82) is 0 Å². The number of nitrogen functional groups attached to an aromatic ring is 1. The number of hydrazone groups is 1. The third-order valence-corrected chi connectivity index (χ3v) is 4.07. The van der Waals surface area contributed by atoms with Crippen LogP contribution in [-0.4, -0.2) is 66.0 Å². The van der Waals surface area contributed by atoms with Gasteiger partial charge >= 0.3 is 0 Å². The molecule has 1 aliphatic rings. The van der Waals surface area contributed by atoms with Crippen LogP contribution in [0.25, 0.3) is 11.2 Å². The maximum atomic E-state index is 10.2. The molecule has 2 aromatic heterocycles. The Balaban J connectivity index is 1.89. The lowest BCUT2D eigenvalue weighted by Crippen LogP contribution is -2.33. The average Bonchev–Trinajstić information content (AvgIpc) is 3.14. The minimum absolute atomic E-state index is 0.141. The van der Waals surface area contributed by atoms with Crippen LogP contribution in [0.2, 0.25) is 0 Å². The van der Waals surface area contributed by atoms with Crippen LogP contribution >= 0.6 is 0 Å². The third kappa shape index (κ3) is 3.46. The van der Waals surface area contributed by atoms with Gasteiger partial charge in [-0.15, -0.1) is 0 Å². The highest BCUT2D eigenvalue weighted by Gasteiger charge is 2.44. The Morgan fingerprint density at radius 2 is 2.15 bits per heavy atom. The number of hydrogen-bond acceptors (Lipinski definition) is 10. The molecule has 0 bridgehead atoms. The number of imidazole rings is 1. The van der Waals surface area contributed by atoms with Gasteiger partial charge in [-0.05, 0) is 12.3 Å². The van der Waals surface area contributed by atoms with Gasteiger partial charge in [0.25, 0.3) is 0 Å². The molecule has 0 aromatic carbocycles. The standard InChI is InChI=1S/C15H23N7O4/c1-7(2)3-4-18-21-15-19-12(16)9-13(20-15)22(6-17-9)14-11(25)10(24)8(5-23)26-14/h4,6-8,10-11,14,23-25H,3,5H2,1-2H3,(H3,16,19,20,21)/b18-4+. The lowest BCUT2D eigenvalue weighted by atomic mass is 10.1. The smallest absolute Gasteiger partial charge is 0.247 e. The quantitative estimate of drug-likeness (QED) is 0.334. The highest BCUT2D eigenvalue weighted by atomic mass is 16.6. The first-order valence-electron chi connectivity index (χ1n) is 8.32. The normalized spacial score (nSPS) is 26.4. The van der Waals surface area contributed by atoms with Crippen LogP contribution in [0.5, 0.6) is 0 Å².